The molecule has 0 spiro atoms. The Morgan fingerprint density at radius 2 is 2.32 bits per heavy atom. The van der Waals surface area contributed by atoms with E-state index < -0.39 is 0 Å². The van der Waals surface area contributed by atoms with Gasteiger partial charge in [-0.2, -0.15) is 5.10 Å². The van der Waals surface area contributed by atoms with E-state index in [-0.39, 0.29) is 5.92 Å². The van der Waals surface area contributed by atoms with Gasteiger partial charge in [0, 0.05) is 47.1 Å². The lowest BCUT2D eigenvalue weighted by Gasteiger charge is -2.33. The van der Waals surface area contributed by atoms with Gasteiger partial charge in [0.2, 0.25) is 5.91 Å². The Morgan fingerprint density at radius 3 is 3.05 bits per heavy atom. The molecule has 0 N–H and O–H groups in total. The second-order valence-electron chi connectivity index (χ2n) is 6.46. The molecular formula is C17H21N3OS. The van der Waals surface area contributed by atoms with Crippen LogP contribution < -0.4 is 0 Å². The van der Waals surface area contributed by atoms with Crippen LogP contribution in [0.25, 0.3) is 0 Å². The van der Waals surface area contributed by atoms with Gasteiger partial charge in [0.25, 0.3) is 0 Å². The fourth-order valence-electron chi connectivity index (χ4n) is 3.54. The first kappa shape index (κ1) is 14.0. The van der Waals surface area contributed by atoms with Crippen molar-refractivity contribution < 1.29 is 4.79 Å². The number of piperidine rings is 1. The number of thiophene rings is 1. The van der Waals surface area contributed by atoms with E-state index in [0.717, 1.165) is 32.4 Å². The van der Waals surface area contributed by atoms with Gasteiger partial charge in [0.1, 0.15) is 0 Å². The molecule has 0 bridgehead atoms. The van der Waals surface area contributed by atoms with E-state index in [4.69, 9.17) is 0 Å². The van der Waals surface area contributed by atoms with E-state index >= 15 is 0 Å². The summed E-state index contributed by atoms with van der Waals surface area (Å²) in [5, 5.41) is 4.34. The topological polar surface area (TPSA) is 38.1 Å². The van der Waals surface area contributed by atoms with Gasteiger partial charge in [-0.25, -0.2) is 0 Å². The van der Waals surface area contributed by atoms with Gasteiger partial charge in [0.15, 0.2) is 0 Å². The normalized spacial score (nSPS) is 27.9. The molecule has 4 rings (SSSR count). The fraction of sp³-hybridized carbons (Fsp3) is 0.529. The highest BCUT2D eigenvalue weighted by molar-refractivity contribution is 7.12. The number of hydrogen-bond acceptors (Lipinski definition) is 3. The SMILES string of the molecule is Cc1ccc([C@@H]2C[C@@H]2C(=O)N2CCC[C@@H](n3cccn3)C2)s1. The molecule has 1 saturated carbocycles. The third kappa shape index (κ3) is 2.58. The highest BCUT2D eigenvalue weighted by Crippen LogP contribution is 2.50. The predicted molar refractivity (Wildman–Crippen MR) is 87.0 cm³/mol. The predicted octanol–water partition coefficient (Wildman–Crippen LogP) is 3.22. The Kier molecular flexibility index (Phi) is 3.53. The van der Waals surface area contributed by atoms with Crippen molar-refractivity contribution in [2.24, 2.45) is 5.92 Å². The van der Waals surface area contributed by atoms with Crippen LogP contribution in [0.1, 0.15) is 41.0 Å². The molecule has 3 heterocycles. The molecule has 0 unspecified atom stereocenters. The molecule has 4 nitrogen and oxygen atoms in total. The number of carbonyl (C=O) groups is 1. The van der Waals surface area contributed by atoms with Gasteiger partial charge >= 0.3 is 0 Å². The first-order chi connectivity index (χ1) is 10.7. The molecule has 2 aromatic rings. The molecule has 2 aromatic heterocycles. The maximum Gasteiger partial charge on any atom is 0.226 e. The van der Waals surface area contributed by atoms with Crippen LogP contribution >= 0.6 is 11.3 Å². The maximum absolute atomic E-state index is 12.8. The Balaban J connectivity index is 1.41. The molecule has 22 heavy (non-hydrogen) atoms. The monoisotopic (exact) mass is 315 g/mol. The van der Waals surface area contributed by atoms with Crippen LogP contribution in [0.3, 0.4) is 0 Å². The summed E-state index contributed by atoms with van der Waals surface area (Å²) in [4.78, 5) is 17.6. The Labute approximate surface area is 134 Å². The van der Waals surface area contributed by atoms with Gasteiger partial charge in [0.05, 0.1) is 6.04 Å². The summed E-state index contributed by atoms with van der Waals surface area (Å²) in [6.45, 7) is 3.85. The van der Waals surface area contributed by atoms with E-state index in [0.29, 0.717) is 17.9 Å². The summed E-state index contributed by atoms with van der Waals surface area (Å²) < 4.78 is 2.01. The lowest BCUT2D eigenvalue weighted by molar-refractivity contribution is -0.134. The number of aromatic nitrogens is 2. The van der Waals surface area contributed by atoms with E-state index in [2.05, 4.69) is 29.1 Å². The van der Waals surface area contributed by atoms with Crippen molar-refractivity contribution in [1.82, 2.24) is 14.7 Å². The van der Waals surface area contributed by atoms with Crippen molar-refractivity contribution >= 4 is 17.2 Å². The summed E-state index contributed by atoms with van der Waals surface area (Å²) in [6.07, 6.45) is 7.04. The zero-order valence-corrected chi connectivity index (χ0v) is 13.6. The van der Waals surface area contributed by atoms with Crippen molar-refractivity contribution in [3.63, 3.8) is 0 Å². The number of rotatable bonds is 3. The molecule has 1 amide bonds. The molecule has 5 heteroatoms. The minimum Gasteiger partial charge on any atom is -0.340 e. The van der Waals surface area contributed by atoms with Gasteiger partial charge in [-0.05, 0) is 44.4 Å². The van der Waals surface area contributed by atoms with Crippen LogP contribution in [0.15, 0.2) is 30.6 Å². The van der Waals surface area contributed by atoms with Crippen molar-refractivity contribution in [3.05, 3.63) is 40.3 Å². The van der Waals surface area contributed by atoms with Crippen molar-refractivity contribution in [2.45, 2.75) is 38.1 Å². The van der Waals surface area contributed by atoms with Gasteiger partial charge < -0.3 is 4.90 Å². The Morgan fingerprint density at radius 1 is 1.41 bits per heavy atom. The van der Waals surface area contributed by atoms with Gasteiger partial charge in [-0.3, -0.25) is 9.48 Å². The van der Waals surface area contributed by atoms with E-state index in [1.54, 1.807) is 0 Å². The summed E-state index contributed by atoms with van der Waals surface area (Å²) in [6, 6.07) is 6.65. The van der Waals surface area contributed by atoms with Crippen molar-refractivity contribution in [3.8, 4) is 0 Å². The summed E-state index contributed by atoms with van der Waals surface area (Å²) >= 11 is 1.84. The number of hydrogen-bond donors (Lipinski definition) is 0. The van der Waals surface area contributed by atoms with Crippen molar-refractivity contribution in [1.29, 1.82) is 0 Å². The lowest BCUT2D eigenvalue weighted by Crippen LogP contribution is -2.41. The van der Waals surface area contributed by atoms with E-state index in [1.165, 1.54) is 9.75 Å². The Bertz CT molecular complexity index is 663. The highest BCUT2D eigenvalue weighted by atomic mass is 32.1. The first-order valence-electron chi connectivity index (χ1n) is 8.06. The van der Waals surface area contributed by atoms with Crippen LogP contribution in [0.5, 0.6) is 0 Å². The minimum atomic E-state index is 0.217. The summed E-state index contributed by atoms with van der Waals surface area (Å²) in [5.74, 6) is 1.04. The molecule has 1 aliphatic heterocycles. The fourth-order valence-corrected chi connectivity index (χ4v) is 4.59. The van der Waals surface area contributed by atoms with Gasteiger partial charge in [-0.1, -0.05) is 0 Å². The Hall–Kier alpha value is -1.62. The van der Waals surface area contributed by atoms with E-state index in [1.807, 2.05) is 34.5 Å². The van der Waals surface area contributed by atoms with Gasteiger partial charge in [-0.15, -0.1) is 11.3 Å². The average Bonchev–Trinajstić information content (AvgIpc) is 2.95. The van der Waals surface area contributed by atoms with Crippen molar-refractivity contribution in [2.75, 3.05) is 13.1 Å². The van der Waals surface area contributed by atoms with E-state index in [9.17, 15) is 4.79 Å². The number of likely N-dealkylation sites (tertiary alicyclic amines) is 1. The second-order valence-corrected chi connectivity index (χ2v) is 7.78. The van der Waals surface area contributed by atoms with Crippen LogP contribution in [-0.4, -0.2) is 33.7 Å². The van der Waals surface area contributed by atoms with Crippen LogP contribution in [-0.2, 0) is 4.79 Å². The standard InChI is InChI=1S/C17H21N3OS/c1-12-5-6-16(22-12)14-10-15(14)17(21)19-8-2-4-13(11-19)20-9-3-7-18-20/h3,5-7,9,13-15H,2,4,8,10-11H2,1H3/t13-,14-,15+/m1/s1. The smallest absolute Gasteiger partial charge is 0.226 e. The second kappa shape index (κ2) is 5.54. The average molecular weight is 315 g/mol. The molecule has 3 atom stereocenters. The molecule has 1 saturated heterocycles. The zero-order valence-electron chi connectivity index (χ0n) is 12.8. The summed E-state index contributed by atoms with van der Waals surface area (Å²) in [7, 11) is 0. The minimum absolute atomic E-state index is 0.217. The largest absolute Gasteiger partial charge is 0.340 e. The van der Waals surface area contributed by atoms with Crippen LogP contribution in [0.4, 0.5) is 0 Å². The quantitative estimate of drug-likeness (QED) is 0.872. The molecule has 0 aromatic carbocycles. The number of carbonyl (C=O) groups excluding carboxylic acids is 1. The molecule has 2 fully saturated rings. The first-order valence-corrected chi connectivity index (χ1v) is 8.88. The number of aryl methyl sites for hydroxylation is 1. The zero-order chi connectivity index (χ0) is 15.1. The van der Waals surface area contributed by atoms with Crippen LogP contribution in [0, 0.1) is 12.8 Å². The molecule has 0 radical (unpaired) electrons. The number of amides is 1. The molecule has 2 aliphatic rings. The third-order valence-corrected chi connectivity index (χ3v) is 5.97. The lowest BCUT2D eigenvalue weighted by atomic mass is 10.1. The highest BCUT2D eigenvalue weighted by Gasteiger charge is 2.47. The maximum atomic E-state index is 12.8. The molecular weight excluding hydrogens is 294 g/mol. The molecule has 1 aliphatic carbocycles. The number of nitrogens with zero attached hydrogens (tertiary/aromatic N) is 3. The van der Waals surface area contributed by atoms with Crippen LogP contribution in [0.2, 0.25) is 0 Å². The summed E-state index contributed by atoms with van der Waals surface area (Å²) in [5.41, 5.74) is 0. The molecule has 116 valence electrons. The third-order valence-electron chi connectivity index (χ3n) is 4.84.